The molecule has 1 fully saturated rings. The van der Waals surface area contributed by atoms with Gasteiger partial charge in [-0.05, 0) is 48.0 Å². The van der Waals surface area contributed by atoms with E-state index in [0.717, 1.165) is 0 Å². The quantitative estimate of drug-likeness (QED) is 0.187. The summed E-state index contributed by atoms with van der Waals surface area (Å²) >= 11 is 0. The maximum absolute atomic E-state index is 12.7. The molecule has 3 aromatic carbocycles. The Hall–Kier alpha value is -4.66. The zero-order chi connectivity index (χ0) is 23.2. The number of amides is 2. The van der Waals surface area contributed by atoms with E-state index in [4.69, 9.17) is 9.47 Å². The fourth-order valence-corrected chi connectivity index (χ4v) is 3.16. The normalized spacial score (nSPS) is 14.3. The second-order valence-electron chi connectivity index (χ2n) is 7.00. The molecule has 9 nitrogen and oxygen atoms in total. The molecule has 166 valence electrons. The maximum Gasteiger partial charge on any atom is 0.282 e. The van der Waals surface area contributed by atoms with Crippen molar-refractivity contribution in [2.75, 3.05) is 18.2 Å². The van der Waals surface area contributed by atoms with Gasteiger partial charge < -0.3 is 9.47 Å². The van der Waals surface area contributed by atoms with E-state index < -0.39 is 16.7 Å². The topological polar surface area (TPSA) is 111 Å². The highest BCUT2D eigenvalue weighted by atomic mass is 16.6. The third-order valence-electron chi connectivity index (χ3n) is 4.74. The van der Waals surface area contributed by atoms with Crippen molar-refractivity contribution < 1.29 is 24.0 Å². The summed E-state index contributed by atoms with van der Waals surface area (Å²) in [5.41, 5.74) is 3.79. The number of carbonyl (C=O) groups is 2. The molecule has 3 aromatic rings. The van der Waals surface area contributed by atoms with E-state index in [1.807, 2.05) is 6.07 Å². The molecular formula is C24H19N3O6. The molecule has 0 aliphatic carbocycles. The van der Waals surface area contributed by atoms with Crippen LogP contribution < -0.4 is 19.9 Å². The molecule has 0 spiro atoms. The number of para-hydroxylation sites is 1. The highest BCUT2D eigenvalue weighted by molar-refractivity contribution is 6.31. The van der Waals surface area contributed by atoms with Gasteiger partial charge in [0, 0.05) is 12.1 Å². The summed E-state index contributed by atoms with van der Waals surface area (Å²) in [7, 11) is 0. The molecule has 1 saturated heterocycles. The molecule has 0 bridgehead atoms. The zero-order valence-electron chi connectivity index (χ0n) is 17.3. The summed E-state index contributed by atoms with van der Waals surface area (Å²) in [6.07, 6.45) is 1.51. The number of nitrogens with one attached hydrogen (secondary N) is 1. The maximum atomic E-state index is 12.7. The standard InChI is InChI=1S/C24H19N3O6/c28-23-22(24(29)26(25-23)18-6-2-1-3-7-18)16-17-5-4-8-21(15-17)33-14-13-32-20-11-9-19(10-12-20)27(30)31/h1-12,15-16H,13-14H2,(H,25,28)/b22-16+. The number of hydrazine groups is 1. The molecule has 1 aliphatic rings. The lowest BCUT2D eigenvalue weighted by atomic mass is 10.1. The molecule has 1 heterocycles. The third-order valence-corrected chi connectivity index (χ3v) is 4.74. The van der Waals surface area contributed by atoms with Gasteiger partial charge in [0.2, 0.25) is 0 Å². The number of ether oxygens (including phenoxy) is 2. The van der Waals surface area contributed by atoms with Gasteiger partial charge in [-0.25, -0.2) is 5.01 Å². The minimum atomic E-state index is -0.480. The Morgan fingerprint density at radius 3 is 2.27 bits per heavy atom. The van der Waals surface area contributed by atoms with Gasteiger partial charge in [-0.15, -0.1) is 0 Å². The monoisotopic (exact) mass is 445 g/mol. The van der Waals surface area contributed by atoms with Gasteiger partial charge in [-0.1, -0.05) is 30.3 Å². The van der Waals surface area contributed by atoms with E-state index in [0.29, 0.717) is 22.7 Å². The van der Waals surface area contributed by atoms with Crippen LogP contribution >= 0.6 is 0 Å². The van der Waals surface area contributed by atoms with Crippen molar-refractivity contribution in [2.24, 2.45) is 0 Å². The van der Waals surface area contributed by atoms with Crippen LogP contribution in [0.4, 0.5) is 11.4 Å². The number of benzene rings is 3. The highest BCUT2D eigenvalue weighted by Gasteiger charge is 2.34. The molecule has 0 radical (unpaired) electrons. The SMILES string of the molecule is O=C1NN(c2ccccc2)C(=O)/C1=C/c1cccc(OCCOc2ccc([N+](=O)[O-])cc2)c1. The van der Waals surface area contributed by atoms with Crippen molar-refractivity contribution >= 4 is 29.3 Å². The molecule has 2 amide bonds. The minimum absolute atomic E-state index is 0.00847. The van der Waals surface area contributed by atoms with Crippen molar-refractivity contribution in [1.82, 2.24) is 5.43 Å². The average Bonchev–Trinajstić information content (AvgIpc) is 3.11. The smallest absolute Gasteiger partial charge is 0.282 e. The van der Waals surface area contributed by atoms with Gasteiger partial charge in [-0.2, -0.15) is 0 Å². The van der Waals surface area contributed by atoms with E-state index in [-0.39, 0.29) is 24.5 Å². The Morgan fingerprint density at radius 2 is 1.58 bits per heavy atom. The van der Waals surface area contributed by atoms with Crippen LogP contribution in [-0.4, -0.2) is 30.0 Å². The van der Waals surface area contributed by atoms with Gasteiger partial charge >= 0.3 is 0 Å². The third kappa shape index (κ3) is 5.16. The first-order valence-corrected chi connectivity index (χ1v) is 10.0. The summed E-state index contributed by atoms with van der Waals surface area (Å²) in [6, 6.07) is 21.6. The van der Waals surface area contributed by atoms with Gasteiger partial charge in [-0.3, -0.25) is 25.1 Å². The van der Waals surface area contributed by atoms with Gasteiger partial charge in [0.05, 0.1) is 10.6 Å². The number of rotatable bonds is 8. The van der Waals surface area contributed by atoms with Crippen LogP contribution in [0.25, 0.3) is 6.08 Å². The van der Waals surface area contributed by atoms with E-state index in [9.17, 15) is 19.7 Å². The van der Waals surface area contributed by atoms with Crippen LogP contribution in [0.1, 0.15) is 5.56 Å². The Bertz CT molecular complexity index is 1210. The number of non-ortho nitro benzene ring substituents is 1. The Morgan fingerprint density at radius 1 is 0.879 bits per heavy atom. The van der Waals surface area contributed by atoms with Crippen LogP contribution in [-0.2, 0) is 9.59 Å². The summed E-state index contributed by atoms with van der Waals surface area (Å²) in [5.74, 6) is 0.125. The summed E-state index contributed by atoms with van der Waals surface area (Å²) in [4.78, 5) is 35.2. The number of hydrogen-bond acceptors (Lipinski definition) is 6. The lowest BCUT2D eigenvalue weighted by molar-refractivity contribution is -0.384. The summed E-state index contributed by atoms with van der Waals surface area (Å²) in [5, 5.41) is 11.9. The molecule has 1 aliphatic heterocycles. The van der Waals surface area contributed by atoms with E-state index in [1.54, 1.807) is 48.5 Å². The fraction of sp³-hybridized carbons (Fsp3) is 0.0833. The van der Waals surface area contributed by atoms with Crippen LogP contribution in [0.2, 0.25) is 0 Å². The van der Waals surface area contributed by atoms with E-state index in [1.165, 1.54) is 35.4 Å². The van der Waals surface area contributed by atoms with E-state index >= 15 is 0 Å². The number of carbonyl (C=O) groups excluding carboxylic acids is 2. The molecule has 0 atom stereocenters. The van der Waals surface area contributed by atoms with Crippen molar-refractivity contribution in [3.05, 3.63) is 100 Å². The first-order valence-electron chi connectivity index (χ1n) is 10.0. The van der Waals surface area contributed by atoms with Gasteiger partial charge in [0.25, 0.3) is 17.5 Å². The second-order valence-corrected chi connectivity index (χ2v) is 7.00. The summed E-state index contributed by atoms with van der Waals surface area (Å²) < 4.78 is 11.2. The Kier molecular flexibility index (Phi) is 6.31. The van der Waals surface area contributed by atoms with Crippen molar-refractivity contribution in [3.8, 4) is 11.5 Å². The first kappa shape index (κ1) is 21.6. The molecule has 0 unspecified atom stereocenters. The van der Waals surface area contributed by atoms with Crippen LogP contribution in [0.3, 0.4) is 0 Å². The zero-order valence-corrected chi connectivity index (χ0v) is 17.3. The van der Waals surface area contributed by atoms with Crippen LogP contribution in [0.5, 0.6) is 11.5 Å². The lowest BCUT2D eigenvalue weighted by Gasteiger charge is -2.13. The van der Waals surface area contributed by atoms with E-state index in [2.05, 4.69) is 5.43 Å². The minimum Gasteiger partial charge on any atom is -0.490 e. The first-order chi connectivity index (χ1) is 16.0. The number of nitro groups is 1. The fourth-order valence-electron chi connectivity index (χ4n) is 3.16. The highest BCUT2D eigenvalue weighted by Crippen LogP contribution is 2.23. The molecule has 4 rings (SSSR count). The molecule has 1 N–H and O–H groups in total. The van der Waals surface area contributed by atoms with Crippen molar-refractivity contribution in [2.45, 2.75) is 0 Å². The lowest BCUT2D eigenvalue weighted by Crippen LogP contribution is -2.35. The second kappa shape index (κ2) is 9.65. The predicted molar refractivity (Wildman–Crippen MR) is 121 cm³/mol. The summed E-state index contributed by atoms with van der Waals surface area (Å²) in [6.45, 7) is 0.467. The number of nitrogens with zero attached hydrogens (tertiary/aromatic N) is 2. The Balaban J connectivity index is 1.35. The van der Waals surface area contributed by atoms with Crippen molar-refractivity contribution in [1.29, 1.82) is 0 Å². The van der Waals surface area contributed by atoms with Crippen LogP contribution in [0, 0.1) is 10.1 Å². The number of anilines is 1. The molecule has 33 heavy (non-hydrogen) atoms. The largest absolute Gasteiger partial charge is 0.490 e. The molecule has 0 saturated carbocycles. The van der Waals surface area contributed by atoms with Gasteiger partial charge in [0.1, 0.15) is 30.3 Å². The Labute approximate surface area is 189 Å². The average molecular weight is 445 g/mol. The molecule has 0 aromatic heterocycles. The van der Waals surface area contributed by atoms with Gasteiger partial charge in [0.15, 0.2) is 0 Å². The predicted octanol–water partition coefficient (Wildman–Crippen LogP) is 3.51. The molecular weight excluding hydrogens is 426 g/mol. The number of hydrogen-bond donors (Lipinski definition) is 1. The number of nitro benzene ring substituents is 1. The molecule has 9 heteroatoms. The van der Waals surface area contributed by atoms with Crippen molar-refractivity contribution in [3.63, 3.8) is 0 Å². The van der Waals surface area contributed by atoms with Crippen LogP contribution in [0.15, 0.2) is 84.4 Å².